The maximum absolute atomic E-state index is 5.83. The van der Waals surface area contributed by atoms with Crippen LogP contribution in [0.2, 0.25) is 0 Å². The minimum Gasteiger partial charge on any atom is -0.329 e. The number of hydrogen-bond donors (Lipinski definition) is 1. The van der Waals surface area contributed by atoms with Crippen molar-refractivity contribution in [2.75, 3.05) is 13.1 Å². The van der Waals surface area contributed by atoms with Gasteiger partial charge in [-0.25, -0.2) is 0 Å². The Labute approximate surface area is 118 Å². The zero-order valence-electron chi connectivity index (χ0n) is 9.94. The van der Waals surface area contributed by atoms with Crippen LogP contribution in [-0.4, -0.2) is 24.0 Å². The van der Waals surface area contributed by atoms with Crippen molar-refractivity contribution in [2.24, 2.45) is 5.73 Å². The Kier molecular flexibility index (Phi) is 6.49. The van der Waals surface area contributed by atoms with Gasteiger partial charge in [-0.1, -0.05) is 40.5 Å². The summed E-state index contributed by atoms with van der Waals surface area (Å²) in [6.07, 6.45) is 3.89. The molecule has 0 aliphatic carbocycles. The molecule has 1 saturated heterocycles. The van der Waals surface area contributed by atoms with E-state index in [1.54, 1.807) is 0 Å². The third-order valence-electron chi connectivity index (χ3n) is 3.35. The van der Waals surface area contributed by atoms with E-state index in [1.165, 1.54) is 35.8 Å². The second-order valence-corrected chi connectivity index (χ2v) is 5.30. The summed E-state index contributed by atoms with van der Waals surface area (Å²) in [7, 11) is 0. The highest BCUT2D eigenvalue weighted by Gasteiger charge is 2.21. The van der Waals surface area contributed by atoms with Crippen molar-refractivity contribution in [2.45, 2.75) is 31.8 Å². The van der Waals surface area contributed by atoms with Crippen molar-refractivity contribution in [3.8, 4) is 0 Å². The van der Waals surface area contributed by atoms with Crippen LogP contribution in [0.3, 0.4) is 0 Å². The van der Waals surface area contributed by atoms with Gasteiger partial charge in [0, 0.05) is 23.6 Å². The highest BCUT2D eigenvalue weighted by Crippen LogP contribution is 2.22. The summed E-state index contributed by atoms with van der Waals surface area (Å²) in [5.74, 6) is 0. The molecule has 0 spiro atoms. The molecule has 1 aliphatic rings. The number of hydrogen-bond acceptors (Lipinski definition) is 2. The fraction of sp³-hybridized carbons (Fsp3) is 0.538. The van der Waals surface area contributed by atoms with Gasteiger partial charge in [-0.05, 0) is 31.0 Å². The first-order chi connectivity index (χ1) is 7.81. The molecular formula is C13H20BrClN2. The molecule has 1 atom stereocenters. The minimum atomic E-state index is 0. The van der Waals surface area contributed by atoms with Crippen molar-refractivity contribution in [1.82, 2.24) is 4.90 Å². The molecule has 2 nitrogen and oxygen atoms in total. The first-order valence-corrected chi connectivity index (χ1v) is 6.78. The molecule has 17 heavy (non-hydrogen) atoms. The molecule has 1 aliphatic heterocycles. The zero-order valence-corrected chi connectivity index (χ0v) is 12.3. The normalized spacial score (nSPS) is 20.9. The van der Waals surface area contributed by atoms with Crippen LogP contribution in [0.15, 0.2) is 28.7 Å². The van der Waals surface area contributed by atoms with Gasteiger partial charge in [-0.2, -0.15) is 0 Å². The highest BCUT2D eigenvalue weighted by molar-refractivity contribution is 9.10. The number of nitrogens with zero attached hydrogens (tertiary/aromatic N) is 1. The van der Waals surface area contributed by atoms with Crippen LogP contribution in [-0.2, 0) is 6.54 Å². The van der Waals surface area contributed by atoms with E-state index in [9.17, 15) is 0 Å². The van der Waals surface area contributed by atoms with Crippen molar-refractivity contribution in [1.29, 1.82) is 0 Å². The Hall–Kier alpha value is -0.0900. The maximum atomic E-state index is 5.83. The lowest BCUT2D eigenvalue weighted by Gasteiger charge is -2.35. The molecule has 1 unspecified atom stereocenters. The van der Waals surface area contributed by atoms with E-state index in [1.807, 2.05) is 0 Å². The van der Waals surface area contributed by atoms with Crippen LogP contribution >= 0.6 is 28.3 Å². The van der Waals surface area contributed by atoms with Crippen LogP contribution in [0.25, 0.3) is 0 Å². The van der Waals surface area contributed by atoms with Crippen LogP contribution in [0.4, 0.5) is 0 Å². The Bertz CT molecular complexity index is 346. The molecule has 4 heteroatoms. The molecule has 2 N–H and O–H groups in total. The van der Waals surface area contributed by atoms with Crippen LogP contribution in [0, 0.1) is 0 Å². The van der Waals surface area contributed by atoms with Gasteiger partial charge in [0.15, 0.2) is 0 Å². The average molecular weight is 320 g/mol. The second-order valence-electron chi connectivity index (χ2n) is 4.45. The Balaban J connectivity index is 0.00000144. The number of halogens is 2. The Morgan fingerprint density at radius 1 is 1.29 bits per heavy atom. The van der Waals surface area contributed by atoms with Gasteiger partial charge >= 0.3 is 0 Å². The summed E-state index contributed by atoms with van der Waals surface area (Å²) in [5.41, 5.74) is 7.20. The predicted molar refractivity (Wildman–Crippen MR) is 78.5 cm³/mol. The van der Waals surface area contributed by atoms with Crippen LogP contribution in [0.5, 0.6) is 0 Å². The first kappa shape index (κ1) is 15.0. The van der Waals surface area contributed by atoms with Gasteiger partial charge in [-0.15, -0.1) is 12.4 Å². The fourth-order valence-corrected chi connectivity index (χ4v) is 2.79. The van der Waals surface area contributed by atoms with E-state index in [-0.39, 0.29) is 12.4 Å². The number of likely N-dealkylation sites (tertiary alicyclic amines) is 1. The Morgan fingerprint density at radius 3 is 2.76 bits per heavy atom. The molecule has 1 aromatic carbocycles. The SMILES string of the molecule is Cl.NCC1CCCCN1Cc1ccccc1Br. The van der Waals surface area contributed by atoms with E-state index < -0.39 is 0 Å². The topological polar surface area (TPSA) is 29.3 Å². The lowest BCUT2D eigenvalue weighted by atomic mass is 10.0. The van der Waals surface area contributed by atoms with Crippen molar-refractivity contribution < 1.29 is 0 Å². The summed E-state index contributed by atoms with van der Waals surface area (Å²) in [6, 6.07) is 9.02. The van der Waals surface area contributed by atoms with Gasteiger partial charge < -0.3 is 5.73 Å². The Morgan fingerprint density at radius 2 is 2.06 bits per heavy atom. The quantitative estimate of drug-likeness (QED) is 0.927. The third-order valence-corrected chi connectivity index (χ3v) is 4.13. The molecule has 0 saturated carbocycles. The van der Waals surface area contributed by atoms with Crippen LogP contribution in [0.1, 0.15) is 24.8 Å². The van der Waals surface area contributed by atoms with Gasteiger partial charge in [0.05, 0.1) is 0 Å². The average Bonchev–Trinajstić information content (AvgIpc) is 2.33. The number of benzene rings is 1. The monoisotopic (exact) mass is 318 g/mol. The maximum Gasteiger partial charge on any atom is 0.0248 e. The minimum absolute atomic E-state index is 0. The van der Waals surface area contributed by atoms with E-state index >= 15 is 0 Å². The standard InChI is InChI=1S/C13H19BrN2.ClH/c14-13-7-2-1-5-11(13)10-16-8-4-3-6-12(16)9-15;/h1-2,5,7,12H,3-4,6,8-10,15H2;1H. The van der Waals surface area contributed by atoms with Gasteiger partial charge in [0.1, 0.15) is 0 Å². The first-order valence-electron chi connectivity index (χ1n) is 5.99. The largest absolute Gasteiger partial charge is 0.329 e. The van der Waals surface area contributed by atoms with E-state index in [0.29, 0.717) is 6.04 Å². The van der Waals surface area contributed by atoms with Crippen molar-refractivity contribution in [3.05, 3.63) is 34.3 Å². The summed E-state index contributed by atoms with van der Waals surface area (Å²) < 4.78 is 1.20. The van der Waals surface area contributed by atoms with Crippen molar-refractivity contribution in [3.63, 3.8) is 0 Å². The molecular weight excluding hydrogens is 300 g/mol. The summed E-state index contributed by atoms with van der Waals surface area (Å²) in [6.45, 7) is 2.98. The molecule has 1 heterocycles. The summed E-state index contributed by atoms with van der Waals surface area (Å²) >= 11 is 3.61. The fourth-order valence-electron chi connectivity index (χ4n) is 2.38. The summed E-state index contributed by atoms with van der Waals surface area (Å²) in [4.78, 5) is 2.52. The smallest absolute Gasteiger partial charge is 0.0248 e. The lowest BCUT2D eigenvalue weighted by Crippen LogP contribution is -2.43. The van der Waals surface area contributed by atoms with Gasteiger partial charge in [0.25, 0.3) is 0 Å². The van der Waals surface area contributed by atoms with Crippen LogP contribution < -0.4 is 5.73 Å². The van der Waals surface area contributed by atoms with Crippen molar-refractivity contribution >= 4 is 28.3 Å². The molecule has 1 fully saturated rings. The van der Waals surface area contributed by atoms with Gasteiger partial charge in [0.2, 0.25) is 0 Å². The third kappa shape index (κ3) is 3.95. The molecule has 0 radical (unpaired) electrons. The van der Waals surface area contributed by atoms with E-state index in [2.05, 4.69) is 45.1 Å². The van der Waals surface area contributed by atoms with E-state index in [0.717, 1.165) is 13.1 Å². The molecule has 0 aromatic heterocycles. The highest BCUT2D eigenvalue weighted by atomic mass is 79.9. The molecule has 0 amide bonds. The molecule has 0 bridgehead atoms. The summed E-state index contributed by atoms with van der Waals surface area (Å²) in [5, 5.41) is 0. The predicted octanol–water partition coefficient (Wildman–Crippen LogP) is 3.18. The van der Waals surface area contributed by atoms with E-state index in [4.69, 9.17) is 5.73 Å². The second kappa shape index (κ2) is 7.37. The lowest BCUT2D eigenvalue weighted by molar-refractivity contribution is 0.144. The van der Waals surface area contributed by atoms with Gasteiger partial charge in [-0.3, -0.25) is 4.90 Å². The number of nitrogens with two attached hydrogens (primary N) is 1. The zero-order chi connectivity index (χ0) is 11.4. The number of rotatable bonds is 3. The number of piperidine rings is 1. The molecule has 96 valence electrons. The molecule has 1 aromatic rings. The molecule has 2 rings (SSSR count).